The Labute approximate surface area is 245 Å². The van der Waals surface area contributed by atoms with Crippen molar-refractivity contribution in [2.45, 2.75) is 69.4 Å². The molecule has 2 heterocycles. The fourth-order valence-corrected chi connectivity index (χ4v) is 6.08. The molecule has 1 aliphatic rings. The number of carbonyl (C=O) groups excluding carboxylic acids is 1. The summed E-state index contributed by atoms with van der Waals surface area (Å²) < 4.78 is 84.6. The maximum Gasteiger partial charge on any atom is 0.417 e. The molecule has 0 radical (unpaired) electrons. The molecule has 1 N–H and O–H groups in total. The van der Waals surface area contributed by atoms with Crippen LogP contribution in [-0.2, 0) is 11.6 Å². The van der Waals surface area contributed by atoms with Gasteiger partial charge in [0.15, 0.2) is 11.8 Å². The molecular weight excluding hydrogens is 568 g/mol. The van der Waals surface area contributed by atoms with Gasteiger partial charge in [0, 0.05) is 18.3 Å². The molecule has 4 aromatic rings. The minimum Gasteiger partial charge on any atom is -0.363 e. The molecular formula is C33H31F6N3O. The first kappa shape index (κ1) is 30.4. The molecule has 1 aliphatic heterocycles. The van der Waals surface area contributed by atoms with Crippen LogP contribution in [0.2, 0.25) is 0 Å². The number of alkyl halides is 6. The SMILES string of the molecule is CCC(CC)(CC(=O)c1cnn2c1NC(c1ccccc1)CC2C(F)(F)F)c1cccc(-c2ccccc2C(F)(F)F)c1. The van der Waals surface area contributed by atoms with E-state index in [1.54, 1.807) is 60.7 Å². The van der Waals surface area contributed by atoms with E-state index < -0.39 is 41.2 Å². The van der Waals surface area contributed by atoms with E-state index >= 15 is 0 Å². The second kappa shape index (κ2) is 11.5. The van der Waals surface area contributed by atoms with Crippen LogP contribution in [0.25, 0.3) is 11.1 Å². The van der Waals surface area contributed by atoms with Gasteiger partial charge in [0.2, 0.25) is 0 Å². The summed E-state index contributed by atoms with van der Waals surface area (Å²) in [6, 6.07) is 18.2. The number of rotatable bonds is 8. The maximum absolute atomic E-state index is 14.2. The van der Waals surface area contributed by atoms with Crippen LogP contribution in [0.5, 0.6) is 0 Å². The lowest BCUT2D eigenvalue weighted by Crippen LogP contribution is -2.36. The number of halogens is 6. The van der Waals surface area contributed by atoms with Gasteiger partial charge in [0.25, 0.3) is 0 Å². The van der Waals surface area contributed by atoms with Crippen molar-refractivity contribution in [3.8, 4) is 11.1 Å². The number of nitrogens with zero attached hydrogens (tertiary/aromatic N) is 2. The molecule has 226 valence electrons. The lowest BCUT2D eigenvalue weighted by molar-refractivity contribution is -0.173. The Hall–Kier alpha value is -4.08. The van der Waals surface area contributed by atoms with Gasteiger partial charge in [-0.2, -0.15) is 31.4 Å². The molecule has 0 saturated heterocycles. The van der Waals surface area contributed by atoms with Gasteiger partial charge >= 0.3 is 12.4 Å². The van der Waals surface area contributed by atoms with Crippen LogP contribution in [0.3, 0.4) is 0 Å². The van der Waals surface area contributed by atoms with Gasteiger partial charge in [-0.05, 0) is 41.2 Å². The Morgan fingerprint density at radius 1 is 0.907 bits per heavy atom. The van der Waals surface area contributed by atoms with Gasteiger partial charge in [-0.15, -0.1) is 0 Å². The highest BCUT2D eigenvalue weighted by molar-refractivity contribution is 6.01. The summed E-state index contributed by atoms with van der Waals surface area (Å²) >= 11 is 0. The lowest BCUT2D eigenvalue weighted by Gasteiger charge is -2.35. The normalized spacial score (nSPS) is 17.3. The quantitative estimate of drug-likeness (QED) is 0.162. The summed E-state index contributed by atoms with van der Waals surface area (Å²) in [4.78, 5) is 13.9. The highest BCUT2D eigenvalue weighted by Crippen LogP contribution is 2.46. The number of hydrogen-bond donors (Lipinski definition) is 1. The maximum atomic E-state index is 14.2. The van der Waals surface area contributed by atoms with E-state index in [-0.39, 0.29) is 29.8 Å². The standard InChI is InChI=1S/C33H31F6N3O/c1-3-31(4-2,23-14-10-13-22(17-23)24-15-8-9-16-26(24)32(34,35)36)19-28(43)25-20-40-42-29(33(37,38)39)18-27(41-30(25)42)21-11-6-5-7-12-21/h5-17,20,27,29,41H,3-4,18-19H2,1-2H3. The Morgan fingerprint density at radius 2 is 1.58 bits per heavy atom. The van der Waals surface area contributed by atoms with Crippen LogP contribution in [0, 0.1) is 0 Å². The van der Waals surface area contributed by atoms with Crippen LogP contribution < -0.4 is 5.32 Å². The van der Waals surface area contributed by atoms with Crippen LogP contribution in [0.4, 0.5) is 32.2 Å². The summed E-state index contributed by atoms with van der Waals surface area (Å²) in [5.41, 5.74) is 0.272. The fourth-order valence-electron chi connectivity index (χ4n) is 6.08. The minimum absolute atomic E-state index is 0.0152. The average molecular weight is 600 g/mol. The Kier molecular flexibility index (Phi) is 8.15. The van der Waals surface area contributed by atoms with Crippen molar-refractivity contribution in [1.82, 2.24) is 9.78 Å². The van der Waals surface area contributed by atoms with Crippen molar-refractivity contribution < 1.29 is 31.1 Å². The average Bonchev–Trinajstić information content (AvgIpc) is 3.43. The summed E-state index contributed by atoms with van der Waals surface area (Å²) in [6.07, 6.45) is -7.33. The van der Waals surface area contributed by atoms with Crippen LogP contribution in [0.1, 0.15) is 78.7 Å². The predicted molar refractivity (Wildman–Crippen MR) is 153 cm³/mol. The molecule has 10 heteroatoms. The number of anilines is 1. The molecule has 0 saturated carbocycles. The number of fused-ring (bicyclic) bond motifs is 1. The Morgan fingerprint density at radius 3 is 2.23 bits per heavy atom. The van der Waals surface area contributed by atoms with Crippen LogP contribution in [-0.4, -0.2) is 21.7 Å². The number of benzene rings is 3. The van der Waals surface area contributed by atoms with Crippen molar-refractivity contribution in [2.24, 2.45) is 0 Å². The van der Waals surface area contributed by atoms with Crippen molar-refractivity contribution in [1.29, 1.82) is 0 Å². The molecule has 0 amide bonds. The van der Waals surface area contributed by atoms with E-state index in [1.807, 2.05) is 13.8 Å². The number of nitrogens with one attached hydrogen (secondary N) is 1. The number of hydrogen-bond acceptors (Lipinski definition) is 3. The smallest absolute Gasteiger partial charge is 0.363 e. The largest absolute Gasteiger partial charge is 0.417 e. The first-order chi connectivity index (χ1) is 20.4. The Balaban J connectivity index is 1.51. The van der Waals surface area contributed by atoms with Gasteiger partial charge < -0.3 is 5.32 Å². The highest BCUT2D eigenvalue weighted by Gasteiger charge is 2.47. The van der Waals surface area contributed by atoms with E-state index in [2.05, 4.69) is 10.4 Å². The zero-order chi connectivity index (χ0) is 31.0. The van der Waals surface area contributed by atoms with Crippen molar-refractivity contribution in [2.75, 3.05) is 5.32 Å². The van der Waals surface area contributed by atoms with Gasteiger partial charge in [-0.25, -0.2) is 4.68 Å². The van der Waals surface area contributed by atoms with E-state index in [0.29, 0.717) is 29.5 Å². The molecule has 2 atom stereocenters. The van der Waals surface area contributed by atoms with E-state index in [4.69, 9.17) is 0 Å². The topological polar surface area (TPSA) is 46.9 Å². The third kappa shape index (κ3) is 5.92. The van der Waals surface area contributed by atoms with Gasteiger partial charge in [-0.3, -0.25) is 4.79 Å². The predicted octanol–water partition coefficient (Wildman–Crippen LogP) is 9.56. The van der Waals surface area contributed by atoms with E-state index in [9.17, 15) is 31.1 Å². The molecule has 1 aromatic heterocycles. The lowest BCUT2D eigenvalue weighted by atomic mass is 9.71. The van der Waals surface area contributed by atoms with E-state index in [0.717, 1.165) is 10.7 Å². The highest BCUT2D eigenvalue weighted by atomic mass is 19.4. The third-order valence-corrected chi connectivity index (χ3v) is 8.61. The Bertz CT molecular complexity index is 1590. The molecule has 0 aliphatic carbocycles. The fraction of sp³-hybridized carbons (Fsp3) is 0.333. The summed E-state index contributed by atoms with van der Waals surface area (Å²) in [6.45, 7) is 3.79. The molecule has 0 spiro atoms. The molecule has 0 fully saturated rings. The number of ketones is 1. The molecule has 0 bridgehead atoms. The second-order valence-electron chi connectivity index (χ2n) is 11.0. The second-order valence-corrected chi connectivity index (χ2v) is 11.0. The molecule has 5 rings (SSSR count). The van der Waals surface area contributed by atoms with Crippen molar-refractivity contribution in [3.05, 3.63) is 107 Å². The molecule has 43 heavy (non-hydrogen) atoms. The van der Waals surface area contributed by atoms with Crippen molar-refractivity contribution in [3.63, 3.8) is 0 Å². The van der Waals surface area contributed by atoms with Crippen LogP contribution >= 0.6 is 0 Å². The van der Waals surface area contributed by atoms with Gasteiger partial charge in [-0.1, -0.05) is 86.6 Å². The van der Waals surface area contributed by atoms with E-state index in [1.165, 1.54) is 18.3 Å². The first-order valence-corrected chi connectivity index (χ1v) is 14.1. The summed E-state index contributed by atoms with van der Waals surface area (Å²) in [5, 5.41) is 7.13. The zero-order valence-corrected chi connectivity index (χ0v) is 23.6. The van der Waals surface area contributed by atoms with Gasteiger partial charge in [0.05, 0.1) is 23.4 Å². The summed E-state index contributed by atoms with van der Waals surface area (Å²) in [5.74, 6) is -0.380. The van der Waals surface area contributed by atoms with Crippen LogP contribution in [0.15, 0.2) is 85.1 Å². The summed E-state index contributed by atoms with van der Waals surface area (Å²) in [7, 11) is 0. The third-order valence-electron chi connectivity index (χ3n) is 8.61. The van der Waals surface area contributed by atoms with Crippen molar-refractivity contribution >= 4 is 11.6 Å². The molecule has 2 unspecified atom stereocenters. The number of carbonyl (C=O) groups is 1. The zero-order valence-electron chi connectivity index (χ0n) is 23.6. The first-order valence-electron chi connectivity index (χ1n) is 14.1. The number of aromatic nitrogens is 2. The minimum atomic E-state index is -4.58. The molecule has 4 nitrogen and oxygen atoms in total. The number of Topliss-reactive ketones (excluding diaryl/α,β-unsaturated/α-hetero) is 1. The van der Waals surface area contributed by atoms with Gasteiger partial charge in [0.1, 0.15) is 5.82 Å². The molecule has 3 aromatic carbocycles. The monoisotopic (exact) mass is 599 g/mol.